The van der Waals surface area contributed by atoms with Gasteiger partial charge >= 0.3 is 0 Å². The van der Waals surface area contributed by atoms with Crippen molar-refractivity contribution in [2.45, 2.75) is 26.7 Å². The van der Waals surface area contributed by atoms with Gasteiger partial charge in [-0.3, -0.25) is 9.59 Å². The van der Waals surface area contributed by atoms with Crippen LogP contribution in [0.3, 0.4) is 0 Å². The second-order valence-electron chi connectivity index (χ2n) is 2.51. The minimum absolute atomic E-state index is 0. The average molecular weight is 239 g/mol. The molecule has 0 bridgehead atoms. The van der Waals surface area contributed by atoms with Crippen LogP contribution < -0.4 is 0 Å². The highest BCUT2D eigenvalue weighted by Crippen LogP contribution is 2.33. The van der Waals surface area contributed by atoms with Crippen LogP contribution in [-0.2, 0) is 9.59 Å². The molecule has 2 atom stereocenters. The van der Waals surface area contributed by atoms with Crippen molar-refractivity contribution >= 4 is 11.6 Å². The van der Waals surface area contributed by atoms with Gasteiger partial charge in [0.1, 0.15) is 6.07 Å². The fourth-order valence-corrected chi connectivity index (χ4v) is 0.882. The molecule has 0 aromatic rings. The van der Waals surface area contributed by atoms with E-state index in [0.29, 0.717) is 6.07 Å². The summed E-state index contributed by atoms with van der Waals surface area (Å²) in [6.07, 6.45) is -3.32. The van der Waals surface area contributed by atoms with Crippen LogP contribution in [0.25, 0.3) is 0 Å². The lowest BCUT2D eigenvalue weighted by atomic mass is 9.87. The van der Waals surface area contributed by atoms with Crippen molar-refractivity contribution in [1.82, 2.24) is 0 Å². The van der Waals surface area contributed by atoms with Crippen LogP contribution in [0, 0.1) is 11.3 Å². The number of carbonyl (C=O) groups is 2. The van der Waals surface area contributed by atoms with E-state index in [2.05, 4.69) is 0 Å². The van der Waals surface area contributed by atoms with Gasteiger partial charge in [-0.15, -0.1) is 0 Å². The van der Waals surface area contributed by atoms with Gasteiger partial charge in [-0.25, -0.2) is 8.78 Å². The first kappa shape index (κ1) is 16.7. The van der Waals surface area contributed by atoms with Crippen molar-refractivity contribution in [1.29, 1.82) is 5.26 Å². The first-order valence-electron chi connectivity index (χ1n) is 3.24. The Morgan fingerprint density at radius 1 is 1.19 bits per heavy atom. The summed E-state index contributed by atoms with van der Waals surface area (Å²) in [4.78, 5) is 21.0. The molecule has 16 heavy (non-hydrogen) atoms. The molecule has 7 heteroatoms. The molecule has 2 unspecified atom stereocenters. The third kappa shape index (κ3) is 1.83. The number of hydrogen-bond acceptors (Lipinski definition) is 3. The van der Waals surface area contributed by atoms with Crippen molar-refractivity contribution in [3.63, 3.8) is 0 Å². The van der Waals surface area contributed by atoms with Crippen LogP contribution in [0.1, 0.15) is 14.9 Å². The molecule has 1 aliphatic carbocycles. The highest BCUT2D eigenvalue weighted by atomic mass is 19.2. The summed E-state index contributed by atoms with van der Waals surface area (Å²) in [5, 5.41) is 8.06. The molecule has 0 spiro atoms. The number of alkyl halides is 2. The summed E-state index contributed by atoms with van der Waals surface area (Å²) in [5.74, 6) is -9.12. The van der Waals surface area contributed by atoms with E-state index in [9.17, 15) is 27.2 Å². The molecule has 0 aliphatic heterocycles. The lowest BCUT2D eigenvalue weighted by Crippen LogP contribution is -2.50. The van der Waals surface area contributed by atoms with Crippen LogP contribution in [0.2, 0.25) is 0 Å². The number of Topliss-reactive ketones (excluding diaryl/α,β-unsaturated/α-hetero) is 2. The normalized spacial score (nSPS) is 29.1. The zero-order valence-electron chi connectivity index (χ0n) is 6.35. The fraction of sp³-hybridized carbons (Fsp3) is 0.444. The van der Waals surface area contributed by atoms with Crippen molar-refractivity contribution < 1.29 is 27.2 Å². The number of halogens is 4. The maximum Gasteiger partial charge on any atom is 0.298 e. The largest absolute Gasteiger partial charge is 0.298 e. The second kappa shape index (κ2) is 4.88. The van der Waals surface area contributed by atoms with Crippen molar-refractivity contribution in [2.24, 2.45) is 0 Å². The predicted octanol–water partition coefficient (Wildman–Crippen LogP) is 2.13. The smallest absolute Gasteiger partial charge is 0.288 e. The molecular formula is C9H9F4NO2. The summed E-state index contributed by atoms with van der Waals surface area (Å²) in [6, 6.07) is 0.508. The van der Waals surface area contributed by atoms with Crippen LogP contribution in [0.4, 0.5) is 17.6 Å². The Balaban J connectivity index is 0. The lowest BCUT2D eigenvalue weighted by molar-refractivity contribution is -0.139. The molecular weight excluding hydrogens is 230 g/mol. The maximum atomic E-state index is 13.0. The quantitative estimate of drug-likeness (QED) is 0.608. The Kier molecular flexibility index (Phi) is 5.09. The van der Waals surface area contributed by atoms with E-state index in [4.69, 9.17) is 5.26 Å². The van der Waals surface area contributed by atoms with Gasteiger partial charge in [0.05, 0.1) is 0 Å². The van der Waals surface area contributed by atoms with Gasteiger partial charge in [0.15, 0.2) is 0 Å². The molecule has 90 valence electrons. The average Bonchev–Trinajstić information content (AvgIpc) is 2.21. The number of allylic oxidation sites excluding steroid dienone is 2. The zero-order valence-corrected chi connectivity index (χ0v) is 6.35. The predicted molar refractivity (Wildman–Crippen MR) is 47.1 cm³/mol. The number of nitriles is 1. The summed E-state index contributed by atoms with van der Waals surface area (Å²) >= 11 is 0. The van der Waals surface area contributed by atoms with Crippen molar-refractivity contribution in [2.75, 3.05) is 0 Å². The molecule has 0 saturated carbocycles. The van der Waals surface area contributed by atoms with Crippen LogP contribution in [0.5, 0.6) is 0 Å². The van der Waals surface area contributed by atoms with Gasteiger partial charge in [-0.2, -0.15) is 14.0 Å². The van der Waals surface area contributed by atoms with Crippen LogP contribution in [-0.4, -0.2) is 23.4 Å². The van der Waals surface area contributed by atoms with Gasteiger partial charge < -0.3 is 0 Å². The van der Waals surface area contributed by atoms with E-state index in [1.165, 1.54) is 0 Å². The van der Waals surface area contributed by atoms with E-state index in [1.807, 2.05) is 0 Å². The monoisotopic (exact) mass is 239 g/mol. The molecule has 1 aliphatic rings. The minimum Gasteiger partial charge on any atom is -0.288 e. The van der Waals surface area contributed by atoms with Gasteiger partial charge in [0.2, 0.25) is 29.4 Å². The maximum absolute atomic E-state index is 13.0. The highest BCUT2D eigenvalue weighted by molar-refractivity contribution is 6.17. The summed E-state index contributed by atoms with van der Waals surface area (Å²) < 4.78 is 50.5. The lowest BCUT2D eigenvalue weighted by Gasteiger charge is -2.21. The Labute approximate surface area is 89.4 Å². The Morgan fingerprint density at radius 3 is 2.00 bits per heavy atom. The third-order valence-electron chi connectivity index (χ3n) is 1.68. The van der Waals surface area contributed by atoms with Crippen LogP contribution in [0.15, 0.2) is 11.7 Å². The van der Waals surface area contributed by atoms with Gasteiger partial charge in [-0.05, 0) is 0 Å². The highest BCUT2D eigenvalue weighted by Gasteiger charge is 2.58. The molecule has 3 nitrogen and oxygen atoms in total. The number of nitrogens with zero attached hydrogens (tertiary/aromatic N) is 1. The molecule has 0 aromatic heterocycles. The number of carbonyl (C=O) groups excluding carboxylic acids is 2. The van der Waals surface area contributed by atoms with Gasteiger partial charge in [0, 0.05) is 0 Å². The van der Waals surface area contributed by atoms with Gasteiger partial charge in [0.25, 0.3) is 5.67 Å². The Hall–Kier alpha value is -1.71. The Morgan fingerprint density at radius 2 is 1.62 bits per heavy atom. The zero-order chi connectivity index (χ0) is 11.1. The first-order valence-corrected chi connectivity index (χ1v) is 3.24. The summed E-state index contributed by atoms with van der Waals surface area (Å²) in [6.45, 7) is 0. The van der Waals surface area contributed by atoms with Crippen molar-refractivity contribution in [3.05, 3.63) is 11.7 Å². The van der Waals surface area contributed by atoms with Crippen LogP contribution >= 0.6 is 0 Å². The number of rotatable bonds is 0. The standard InChI is InChI=1S/C7HF4NO2.2CH4/c8-2-3(9)6(14)7(11,1-12)5(10)4(2)13;;/h5H;2*1H4. The SMILES string of the molecule is C.C.N#CC1(F)C(=O)C(F)=C(F)C(=O)C1F. The number of ketones is 2. The first-order chi connectivity index (χ1) is 6.36. The van der Waals surface area contributed by atoms with E-state index in [0.717, 1.165) is 0 Å². The van der Waals surface area contributed by atoms with E-state index in [1.54, 1.807) is 0 Å². The summed E-state index contributed by atoms with van der Waals surface area (Å²) in [7, 11) is 0. The molecule has 0 aromatic carbocycles. The molecule has 1 rings (SSSR count). The third-order valence-corrected chi connectivity index (χ3v) is 1.68. The van der Waals surface area contributed by atoms with E-state index in [-0.39, 0.29) is 14.9 Å². The molecule has 0 saturated heterocycles. The topological polar surface area (TPSA) is 57.9 Å². The van der Waals surface area contributed by atoms with E-state index < -0.39 is 35.1 Å². The van der Waals surface area contributed by atoms with Crippen molar-refractivity contribution in [3.8, 4) is 6.07 Å². The number of hydrogen-bond donors (Lipinski definition) is 0. The minimum atomic E-state index is -3.96. The fourth-order valence-electron chi connectivity index (χ4n) is 0.882. The second-order valence-corrected chi connectivity index (χ2v) is 2.51. The Bertz CT molecular complexity index is 399. The molecule has 0 amide bonds. The van der Waals surface area contributed by atoms with E-state index >= 15 is 0 Å². The summed E-state index contributed by atoms with van der Waals surface area (Å²) in [5.41, 5.74) is -3.96. The van der Waals surface area contributed by atoms with Gasteiger partial charge in [-0.1, -0.05) is 14.9 Å². The molecule has 0 N–H and O–H groups in total. The molecule has 0 heterocycles. The molecule has 0 fully saturated rings. The molecule has 0 radical (unpaired) electrons.